The maximum atomic E-state index is 14.2. The summed E-state index contributed by atoms with van der Waals surface area (Å²) in [5.74, 6) is -1.76. The van der Waals surface area contributed by atoms with Gasteiger partial charge < -0.3 is 29.8 Å². The molecule has 1 aliphatic heterocycles. The molecular weight excluding hydrogens is 698 g/mol. The topological polar surface area (TPSA) is 145 Å². The quantitative estimate of drug-likeness (QED) is 0.0770. The van der Waals surface area contributed by atoms with Gasteiger partial charge in [0.15, 0.2) is 0 Å². The Kier molecular flexibility index (Phi) is 20.8. The largest absolute Gasteiger partial charge is 1.00 e. The van der Waals surface area contributed by atoms with Gasteiger partial charge in [-0.2, -0.15) is 0 Å². The number of fused-ring (bicyclic) bond motifs is 1. The van der Waals surface area contributed by atoms with E-state index in [9.17, 15) is 33.8 Å². The van der Waals surface area contributed by atoms with Crippen molar-refractivity contribution in [3.05, 3.63) is 87.1 Å². The summed E-state index contributed by atoms with van der Waals surface area (Å²) >= 11 is 0. The molecule has 288 valence electrons. The number of carbonyl (C=O) groups excluding carboxylic acids is 3. The third-order valence-electron chi connectivity index (χ3n) is 9.94. The number of amides is 2. The number of hydrogen-bond acceptors (Lipinski definition) is 7. The first-order chi connectivity index (χ1) is 25.8. The van der Waals surface area contributed by atoms with Crippen molar-refractivity contribution in [2.24, 2.45) is 0 Å². The van der Waals surface area contributed by atoms with Crippen LogP contribution >= 0.6 is 0 Å². The number of allylic oxidation sites excluding steroid dienone is 2. The predicted molar refractivity (Wildman–Crippen MR) is 203 cm³/mol. The van der Waals surface area contributed by atoms with Crippen LogP contribution in [0.5, 0.6) is 0 Å². The second-order valence-electron chi connectivity index (χ2n) is 14.1. The maximum absolute atomic E-state index is 14.2. The number of aliphatic carboxylic acids is 1. The number of aromatic nitrogens is 2. The fourth-order valence-electron chi connectivity index (χ4n) is 7.05. The van der Waals surface area contributed by atoms with Gasteiger partial charge in [-0.05, 0) is 99.1 Å². The number of carboxylic acids is 1. The zero-order chi connectivity index (χ0) is 37.8. The smallest absolute Gasteiger partial charge is 0.550 e. The van der Waals surface area contributed by atoms with Crippen LogP contribution in [0.3, 0.4) is 0 Å². The number of hydrogen-bond donors (Lipinski definition) is 2. The second kappa shape index (κ2) is 24.9. The standard InChI is InChI=1S/C42H57FN4O6.Na/c43-34-22-20-32(21-23-34)29-33-30-36-40(45-31-33)35(17-14-12-10-8-6-4-2-1-3-5-7-9-11-13-15-19-38(50)51)39(41(52)44-24-28-48)42(53)47(36)27-26-46-25-16-18-37(46)49;/h1,3,20-23,30-31,48H,2,4-19,24-29H2,(H,44,52)(H,50,51);/q;+1/p-1/b3-1-;. The normalized spacial score (nSPS) is 12.9. The summed E-state index contributed by atoms with van der Waals surface area (Å²) in [5, 5.41) is 22.6. The molecular formula is C42H56FN4NaO6. The maximum Gasteiger partial charge on any atom is 1.00 e. The summed E-state index contributed by atoms with van der Waals surface area (Å²) in [5.41, 5.74) is 3.14. The average molecular weight is 755 g/mol. The van der Waals surface area contributed by atoms with E-state index in [0.717, 1.165) is 94.6 Å². The van der Waals surface area contributed by atoms with Crippen molar-refractivity contribution in [1.29, 1.82) is 0 Å². The van der Waals surface area contributed by atoms with Crippen molar-refractivity contribution in [3.63, 3.8) is 0 Å². The van der Waals surface area contributed by atoms with Crippen LogP contribution in [0.15, 0.2) is 53.5 Å². The minimum atomic E-state index is -0.964. The number of rotatable bonds is 25. The molecule has 0 radical (unpaired) electrons. The van der Waals surface area contributed by atoms with E-state index in [1.165, 1.54) is 12.1 Å². The van der Waals surface area contributed by atoms with Crippen molar-refractivity contribution >= 4 is 28.8 Å². The number of aliphatic hydroxyl groups is 1. The zero-order valence-electron chi connectivity index (χ0n) is 32.1. The number of nitrogens with one attached hydrogen (secondary N) is 1. The van der Waals surface area contributed by atoms with Crippen molar-refractivity contribution in [2.75, 3.05) is 26.2 Å². The number of nitrogens with zero attached hydrogens (tertiary/aromatic N) is 3. The number of likely N-dealkylation sites (tertiary alicyclic amines) is 1. The number of unbranched alkanes of at least 4 members (excludes halogenated alkanes) is 11. The molecule has 0 unspecified atom stereocenters. The molecule has 1 saturated heterocycles. The SMILES string of the molecule is O=C([O-])CCCCCCC/C=C\CCCCCCCCc1c(C(=O)NCCO)c(=O)n(CCN2CCCC2=O)c2cc(Cc3ccc(F)cc3)cnc12.[Na+]. The van der Waals surface area contributed by atoms with E-state index in [4.69, 9.17) is 4.98 Å². The van der Waals surface area contributed by atoms with E-state index in [0.29, 0.717) is 55.4 Å². The van der Waals surface area contributed by atoms with Gasteiger partial charge >= 0.3 is 29.6 Å². The molecule has 2 aromatic heterocycles. The number of benzene rings is 1. The molecule has 10 nitrogen and oxygen atoms in total. The third kappa shape index (κ3) is 14.7. The van der Waals surface area contributed by atoms with Gasteiger partial charge in [0.2, 0.25) is 5.91 Å². The number of aliphatic hydroxyl groups excluding tert-OH is 1. The Morgan fingerprint density at radius 3 is 2.17 bits per heavy atom. The monoisotopic (exact) mass is 754 g/mol. The molecule has 1 fully saturated rings. The van der Waals surface area contributed by atoms with Gasteiger partial charge in [0.05, 0.1) is 17.6 Å². The first kappa shape index (κ1) is 45.0. The van der Waals surface area contributed by atoms with Gasteiger partial charge in [0.25, 0.3) is 11.5 Å². The Balaban J connectivity index is 0.00000784. The van der Waals surface area contributed by atoms with E-state index in [1.807, 2.05) is 6.07 Å². The van der Waals surface area contributed by atoms with Crippen LogP contribution in [0.4, 0.5) is 4.39 Å². The van der Waals surface area contributed by atoms with Crippen LogP contribution in [0.25, 0.3) is 11.0 Å². The minimum absolute atomic E-state index is 0. The van der Waals surface area contributed by atoms with E-state index in [-0.39, 0.29) is 73.0 Å². The second-order valence-corrected chi connectivity index (χ2v) is 14.1. The van der Waals surface area contributed by atoms with Crippen LogP contribution in [0.2, 0.25) is 0 Å². The summed E-state index contributed by atoms with van der Waals surface area (Å²) in [6.45, 7) is 0.963. The fraction of sp³-hybridized carbons (Fsp3) is 0.548. The van der Waals surface area contributed by atoms with E-state index < -0.39 is 17.4 Å². The molecule has 0 bridgehead atoms. The Morgan fingerprint density at radius 2 is 1.54 bits per heavy atom. The molecule has 2 N–H and O–H groups in total. The van der Waals surface area contributed by atoms with Gasteiger partial charge in [-0.15, -0.1) is 0 Å². The summed E-state index contributed by atoms with van der Waals surface area (Å²) in [4.78, 5) is 57.2. The number of carboxylic acid groups (broad SMARTS) is 1. The molecule has 3 aromatic rings. The Labute approximate surface area is 340 Å². The number of halogens is 1. The number of carbonyl (C=O) groups is 3. The van der Waals surface area contributed by atoms with Crippen molar-refractivity contribution in [1.82, 2.24) is 19.8 Å². The molecule has 12 heteroatoms. The average Bonchev–Trinajstić information content (AvgIpc) is 3.56. The van der Waals surface area contributed by atoms with Crippen LogP contribution in [0.1, 0.15) is 130 Å². The number of pyridine rings is 2. The van der Waals surface area contributed by atoms with Crippen LogP contribution in [-0.2, 0) is 29.0 Å². The first-order valence-electron chi connectivity index (χ1n) is 19.6. The van der Waals surface area contributed by atoms with E-state index in [1.54, 1.807) is 27.8 Å². The Bertz CT molecular complexity index is 1730. The van der Waals surface area contributed by atoms with Crippen molar-refractivity contribution in [2.45, 2.75) is 122 Å². The molecule has 54 heavy (non-hydrogen) atoms. The van der Waals surface area contributed by atoms with E-state index in [2.05, 4.69) is 17.5 Å². The molecule has 1 aromatic carbocycles. The molecule has 2 amide bonds. The fourth-order valence-corrected chi connectivity index (χ4v) is 7.05. The summed E-state index contributed by atoms with van der Waals surface area (Å²) in [6.07, 6.45) is 21.9. The summed E-state index contributed by atoms with van der Waals surface area (Å²) < 4.78 is 15.1. The van der Waals surface area contributed by atoms with Crippen molar-refractivity contribution < 1.29 is 58.5 Å². The predicted octanol–water partition coefficient (Wildman–Crippen LogP) is 2.78. The molecule has 1 aliphatic rings. The van der Waals surface area contributed by atoms with Gasteiger partial charge in [-0.3, -0.25) is 19.4 Å². The molecule has 3 heterocycles. The van der Waals surface area contributed by atoms with E-state index >= 15 is 0 Å². The van der Waals surface area contributed by atoms with Gasteiger partial charge in [0, 0.05) is 44.8 Å². The zero-order valence-corrected chi connectivity index (χ0v) is 34.1. The van der Waals surface area contributed by atoms with Crippen molar-refractivity contribution in [3.8, 4) is 0 Å². The molecule has 0 spiro atoms. The summed E-state index contributed by atoms with van der Waals surface area (Å²) in [7, 11) is 0. The van der Waals surface area contributed by atoms with Gasteiger partial charge in [-0.1, -0.05) is 69.2 Å². The minimum Gasteiger partial charge on any atom is -0.550 e. The van der Waals surface area contributed by atoms with Crippen LogP contribution in [0, 0.1) is 5.82 Å². The van der Waals surface area contributed by atoms with Crippen LogP contribution in [-0.4, -0.2) is 63.6 Å². The molecule has 0 saturated carbocycles. The Morgan fingerprint density at radius 1 is 0.889 bits per heavy atom. The first-order valence-corrected chi connectivity index (χ1v) is 19.6. The molecule has 0 aliphatic carbocycles. The third-order valence-corrected chi connectivity index (χ3v) is 9.94. The summed E-state index contributed by atoms with van der Waals surface area (Å²) in [6, 6.07) is 8.20. The molecule has 4 rings (SSSR count). The Hall–Kier alpha value is -3.38. The van der Waals surface area contributed by atoms with Gasteiger partial charge in [0.1, 0.15) is 11.4 Å². The molecule has 0 atom stereocenters. The number of aryl methyl sites for hydroxylation is 1. The van der Waals surface area contributed by atoms with Crippen LogP contribution < -0.4 is 45.5 Å². The van der Waals surface area contributed by atoms with Gasteiger partial charge in [-0.25, -0.2) is 4.39 Å².